The molecule has 0 spiro atoms. The number of nitro benzene ring substituents is 1. The SMILES string of the molecule is O=[N+]([O-])c1ccccc1CNCc1ccc2c(c1)OCCCO2. The number of ether oxygens (including phenoxy) is 2. The fourth-order valence-electron chi connectivity index (χ4n) is 2.50. The lowest BCUT2D eigenvalue weighted by atomic mass is 10.1. The van der Waals surface area contributed by atoms with Crippen molar-refractivity contribution < 1.29 is 14.4 Å². The minimum atomic E-state index is -0.357. The monoisotopic (exact) mass is 314 g/mol. The summed E-state index contributed by atoms with van der Waals surface area (Å²) < 4.78 is 11.3. The van der Waals surface area contributed by atoms with E-state index >= 15 is 0 Å². The van der Waals surface area contributed by atoms with Crippen molar-refractivity contribution in [3.63, 3.8) is 0 Å². The molecule has 6 heteroatoms. The second kappa shape index (κ2) is 7.11. The van der Waals surface area contributed by atoms with Crippen molar-refractivity contribution in [3.05, 3.63) is 63.7 Å². The van der Waals surface area contributed by atoms with Gasteiger partial charge in [-0.1, -0.05) is 24.3 Å². The highest BCUT2D eigenvalue weighted by Gasteiger charge is 2.13. The summed E-state index contributed by atoms with van der Waals surface area (Å²) in [5.74, 6) is 1.53. The normalized spacial score (nSPS) is 13.4. The van der Waals surface area contributed by atoms with E-state index in [2.05, 4.69) is 5.32 Å². The van der Waals surface area contributed by atoms with E-state index in [9.17, 15) is 10.1 Å². The fourth-order valence-corrected chi connectivity index (χ4v) is 2.50. The minimum absolute atomic E-state index is 0.138. The summed E-state index contributed by atoms with van der Waals surface area (Å²) in [7, 11) is 0. The topological polar surface area (TPSA) is 73.6 Å². The molecule has 0 unspecified atom stereocenters. The summed E-state index contributed by atoms with van der Waals surface area (Å²) >= 11 is 0. The Labute approximate surface area is 134 Å². The van der Waals surface area contributed by atoms with Gasteiger partial charge in [0.25, 0.3) is 5.69 Å². The molecule has 1 aliphatic rings. The maximum absolute atomic E-state index is 11.0. The zero-order valence-electron chi connectivity index (χ0n) is 12.7. The molecule has 0 bridgehead atoms. The van der Waals surface area contributed by atoms with Crippen molar-refractivity contribution in [2.45, 2.75) is 19.5 Å². The molecule has 0 radical (unpaired) electrons. The molecule has 6 nitrogen and oxygen atoms in total. The Morgan fingerprint density at radius 2 is 1.83 bits per heavy atom. The molecule has 0 atom stereocenters. The number of benzene rings is 2. The van der Waals surface area contributed by atoms with Crippen molar-refractivity contribution in [1.29, 1.82) is 0 Å². The van der Waals surface area contributed by atoms with Gasteiger partial charge in [-0.3, -0.25) is 10.1 Å². The number of nitrogens with zero attached hydrogens (tertiary/aromatic N) is 1. The molecule has 0 fully saturated rings. The standard InChI is InChI=1S/C17H18N2O4/c20-19(21)15-5-2-1-4-14(15)12-18-11-13-6-7-16-17(10-13)23-9-3-8-22-16/h1-2,4-7,10,18H,3,8-9,11-12H2. The third-order valence-electron chi connectivity index (χ3n) is 3.64. The van der Waals surface area contributed by atoms with E-state index in [0.29, 0.717) is 31.9 Å². The number of fused-ring (bicyclic) bond motifs is 1. The average Bonchev–Trinajstić information content (AvgIpc) is 2.80. The van der Waals surface area contributed by atoms with Crippen molar-refractivity contribution in [2.24, 2.45) is 0 Å². The molecule has 3 rings (SSSR count). The Balaban J connectivity index is 1.63. The quantitative estimate of drug-likeness (QED) is 0.678. The van der Waals surface area contributed by atoms with Crippen molar-refractivity contribution in [2.75, 3.05) is 13.2 Å². The maximum Gasteiger partial charge on any atom is 0.273 e. The molecule has 0 aliphatic carbocycles. The number of nitrogens with one attached hydrogen (secondary N) is 1. The summed E-state index contributed by atoms with van der Waals surface area (Å²) in [6.07, 6.45) is 0.875. The highest BCUT2D eigenvalue weighted by atomic mass is 16.6. The van der Waals surface area contributed by atoms with Crippen LogP contribution in [0.1, 0.15) is 17.5 Å². The average molecular weight is 314 g/mol. The molecular formula is C17H18N2O4. The first kappa shape index (κ1) is 15.3. The van der Waals surface area contributed by atoms with Crippen LogP contribution in [0.5, 0.6) is 11.5 Å². The summed E-state index contributed by atoms with van der Waals surface area (Å²) in [4.78, 5) is 10.6. The van der Waals surface area contributed by atoms with Gasteiger partial charge in [0.15, 0.2) is 11.5 Å². The Hall–Kier alpha value is -2.60. The van der Waals surface area contributed by atoms with Crippen LogP contribution in [0.15, 0.2) is 42.5 Å². The molecule has 1 N–H and O–H groups in total. The number of hydrogen-bond acceptors (Lipinski definition) is 5. The van der Waals surface area contributed by atoms with Crippen LogP contribution in [0.3, 0.4) is 0 Å². The van der Waals surface area contributed by atoms with Gasteiger partial charge in [0.1, 0.15) is 0 Å². The smallest absolute Gasteiger partial charge is 0.273 e. The van der Waals surface area contributed by atoms with Crippen LogP contribution < -0.4 is 14.8 Å². The van der Waals surface area contributed by atoms with Crippen LogP contribution in [-0.4, -0.2) is 18.1 Å². The number of para-hydroxylation sites is 1. The van der Waals surface area contributed by atoms with Crippen molar-refractivity contribution in [1.82, 2.24) is 5.32 Å². The van der Waals surface area contributed by atoms with Crippen molar-refractivity contribution >= 4 is 5.69 Å². The zero-order valence-corrected chi connectivity index (χ0v) is 12.7. The van der Waals surface area contributed by atoms with Gasteiger partial charge in [-0.05, 0) is 17.7 Å². The lowest BCUT2D eigenvalue weighted by Crippen LogP contribution is -2.14. The first-order valence-corrected chi connectivity index (χ1v) is 7.55. The predicted octanol–water partition coefficient (Wildman–Crippen LogP) is 3.05. The molecule has 0 aromatic heterocycles. The minimum Gasteiger partial charge on any atom is -0.490 e. The molecule has 1 aliphatic heterocycles. The van der Waals surface area contributed by atoms with Gasteiger partial charge in [-0.2, -0.15) is 0 Å². The Bertz CT molecular complexity index is 703. The Morgan fingerprint density at radius 3 is 2.65 bits per heavy atom. The molecule has 2 aromatic rings. The van der Waals surface area contributed by atoms with Crippen LogP contribution in [0.2, 0.25) is 0 Å². The van der Waals surface area contributed by atoms with Crippen LogP contribution in [0.25, 0.3) is 0 Å². The molecule has 0 saturated heterocycles. The summed E-state index contributed by atoms with van der Waals surface area (Å²) in [6.45, 7) is 2.36. The van der Waals surface area contributed by atoms with Crippen LogP contribution in [-0.2, 0) is 13.1 Å². The first-order chi connectivity index (χ1) is 11.2. The molecule has 1 heterocycles. The van der Waals surface area contributed by atoms with E-state index in [-0.39, 0.29) is 10.6 Å². The van der Waals surface area contributed by atoms with Gasteiger partial charge in [0.2, 0.25) is 0 Å². The van der Waals surface area contributed by atoms with Crippen LogP contribution in [0, 0.1) is 10.1 Å². The largest absolute Gasteiger partial charge is 0.490 e. The first-order valence-electron chi connectivity index (χ1n) is 7.55. The molecule has 0 amide bonds. The van der Waals surface area contributed by atoms with Gasteiger partial charge in [0.05, 0.1) is 18.1 Å². The van der Waals surface area contributed by atoms with E-state index in [4.69, 9.17) is 9.47 Å². The lowest BCUT2D eigenvalue weighted by molar-refractivity contribution is -0.385. The molecule has 2 aromatic carbocycles. The van der Waals surface area contributed by atoms with E-state index in [1.165, 1.54) is 6.07 Å². The van der Waals surface area contributed by atoms with Gasteiger partial charge in [-0.15, -0.1) is 0 Å². The lowest BCUT2D eigenvalue weighted by Gasteiger charge is -2.10. The summed E-state index contributed by atoms with van der Waals surface area (Å²) in [6, 6.07) is 12.6. The Kier molecular flexibility index (Phi) is 4.73. The van der Waals surface area contributed by atoms with E-state index in [1.54, 1.807) is 18.2 Å². The van der Waals surface area contributed by atoms with Crippen LogP contribution >= 0.6 is 0 Å². The third-order valence-corrected chi connectivity index (χ3v) is 3.64. The van der Waals surface area contributed by atoms with Crippen molar-refractivity contribution in [3.8, 4) is 11.5 Å². The molecular weight excluding hydrogens is 296 g/mol. The number of hydrogen-bond donors (Lipinski definition) is 1. The highest BCUT2D eigenvalue weighted by molar-refractivity contribution is 5.43. The summed E-state index contributed by atoms with van der Waals surface area (Å²) in [5, 5.41) is 14.2. The summed E-state index contributed by atoms with van der Waals surface area (Å²) in [5.41, 5.74) is 1.86. The van der Waals surface area contributed by atoms with E-state index in [1.807, 2.05) is 18.2 Å². The van der Waals surface area contributed by atoms with Crippen LogP contribution in [0.4, 0.5) is 5.69 Å². The number of nitro groups is 1. The molecule has 120 valence electrons. The fraction of sp³-hybridized carbons (Fsp3) is 0.294. The Morgan fingerprint density at radius 1 is 1.04 bits per heavy atom. The van der Waals surface area contributed by atoms with Gasteiger partial charge in [-0.25, -0.2) is 0 Å². The number of rotatable bonds is 5. The van der Waals surface area contributed by atoms with Gasteiger partial charge < -0.3 is 14.8 Å². The third kappa shape index (κ3) is 3.78. The second-order valence-electron chi connectivity index (χ2n) is 5.32. The predicted molar refractivity (Wildman–Crippen MR) is 85.7 cm³/mol. The molecule has 23 heavy (non-hydrogen) atoms. The van der Waals surface area contributed by atoms with E-state index < -0.39 is 0 Å². The zero-order chi connectivity index (χ0) is 16.1. The maximum atomic E-state index is 11.0. The highest BCUT2D eigenvalue weighted by Crippen LogP contribution is 2.30. The van der Waals surface area contributed by atoms with E-state index in [0.717, 1.165) is 23.5 Å². The van der Waals surface area contributed by atoms with Gasteiger partial charge in [0, 0.05) is 31.1 Å². The second-order valence-corrected chi connectivity index (χ2v) is 5.32. The van der Waals surface area contributed by atoms with Gasteiger partial charge >= 0.3 is 0 Å². The molecule has 0 saturated carbocycles.